The maximum atomic E-state index is 5.54. The topological polar surface area (TPSA) is 50.9 Å². The van der Waals surface area contributed by atoms with Crippen LogP contribution in [0.5, 0.6) is 0 Å². The highest BCUT2D eigenvalue weighted by atomic mass is 32.2. The summed E-state index contributed by atoms with van der Waals surface area (Å²) < 4.78 is 0. The number of rotatable bonds is 5. The summed E-state index contributed by atoms with van der Waals surface area (Å²) in [6.45, 7) is 5.30. The number of nitrogens with one attached hydrogen (secondary N) is 1. The number of nitrogens with zero attached hydrogens (tertiary/aromatic N) is 1. The summed E-state index contributed by atoms with van der Waals surface area (Å²) in [5.74, 6) is 1.04. The summed E-state index contributed by atoms with van der Waals surface area (Å²) >= 11 is 1.74. The summed E-state index contributed by atoms with van der Waals surface area (Å²) in [6, 6.07) is 4.38. The van der Waals surface area contributed by atoms with Gasteiger partial charge in [0.25, 0.3) is 0 Å². The molecule has 0 aromatic carbocycles. The van der Waals surface area contributed by atoms with Crippen molar-refractivity contribution in [3.8, 4) is 0 Å². The average molecular weight is 211 g/mol. The number of aromatic nitrogens is 1. The van der Waals surface area contributed by atoms with Crippen LogP contribution in [0.4, 0.5) is 5.69 Å². The number of nitrogens with two attached hydrogens (primary N) is 1. The molecule has 0 fully saturated rings. The lowest BCUT2D eigenvalue weighted by Gasteiger charge is -2.06. The minimum Gasteiger partial charge on any atom is -0.397 e. The van der Waals surface area contributed by atoms with Gasteiger partial charge < -0.3 is 11.1 Å². The maximum absolute atomic E-state index is 5.54. The van der Waals surface area contributed by atoms with Crippen LogP contribution in [0.15, 0.2) is 23.4 Å². The van der Waals surface area contributed by atoms with Crippen molar-refractivity contribution in [1.82, 2.24) is 10.3 Å². The number of pyridine rings is 1. The average Bonchev–Trinajstić information content (AvgIpc) is 2.15. The van der Waals surface area contributed by atoms with Crippen LogP contribution in [0.3, 0.4) is 0 Å². The van der Waals surface area contributed by atoms with Crippen molar-refractivity contribution in [2.24, 2.45) is 0 Å². The lowest BCUT2D eigenvalue weighted by molar-refractivity contribution is 0.616. The summed E-state index contributed by atoms with van der Waals surface area (Å²) in [6.07, 6.45) is 1.69. The molecule has 0 atom stereocenters. The predicted octanol–water partition coefficient (Wildman–Crippen LogP) is 1.75. The van der Waals surface area contributed by atoms with Gasteiger partial charge in [-0.2, -0.15) is 0 Å². The molecule has 1 aromatic rings. The molecule has 0 unspecified atom stereocenters. The summed E-state index contributed by atoms with van der Waals surface area (Å²) in [5, 5.41) is 4.39. The minimum atomic E-state index is 0.551. The van der Waals surface area contributed by atoms with Crippen LogP contribution in [-0.2, 0) is 0 Å². The zero-order chi connectivity index (χ0) is 10.4. The van der Waals surface area contributed by atoms with E-state index in [1.54, 1.807) is 18.0 Å². The lowest BCUT2D eigenvalue weighted by atomic mass is 10.4. The second-order valence-corrected chi connectivity index (χ2v) is 4.50. The Hall–Kier alpha value is -0.740. The molecular weight excluding hydrogens is 194 g/mol. The third-order valence-corrected chi connectivity index (χ3v) is 2.61. The van der Waals surface area contributed by atoms with E-state index in [9.17, 15) is 0 Å². The normalized spacial score (nSPS) is 10.8. The molecule has 0 saturated carbocycles. The Morgan fingerprint density at radius 1 is 1.50 bits per heavy atom. The summed E-state index contributed by atoms with van der Waals surface area (Å²) in [7, 11) is 0. The molecule has 1 aromatic heterocycles. The van der Waals surface area contributed by atoms with E-state index in [4.69, 9.17) is 5.73 Å². The van der Waals surface area contributed by atoms with Crippen LogP contribution in [-0.4, -0.2) is 23.3 Å². The van der Waals surface area contributed by atoms with Gasteiger partial charge >= 0.3 is 0 Å². The van der Waals surface area contributed by atoms with E-state index in [1.807, 2.05) is 12.1 Å². The molecule has 78 valence electrons. The molecule has 14 heavy (non-hydrogen) atoms. The van der Waals surface area contributed by atoms with Gasteiger partial charge in [-0.1, -0.05) is 13.8 Å². The van der Waals surface area contributed by atoms with Gasteiger partial charge in [-0.25, -0.2) is 4.98 Å². The first-order valence-corrected chi connectivity index (χ1v) is 5.75. The van der Waals surface area contributed by atoms with Gasteiger partial charge in [0.05, 0.1) is 16.9 Å². The fourth-order valence-corrected chi connectivity index (χ4v) is 1.70. The molecule has 3 nitrogen and oxygen atoms in total. The molecular formula is C10H17N3S. The van der Waals surface area contributed by atoms with Gasteiger partial charge in [-0.15, -0.1) is 11.8 Å². The van der Waals surface area contributed by atoms with E-state index in [2.05, 4.69) is 24.1 Å². The quantitative estimate of drug-likeness (QED) is 0.575. The zero-order valence-corrected chi connectivity index (χ0v) is 9.47. The van der Waals surface area contributed by atoms with Crippen LogP contribution in [0, 0.1) is 0 Å². The maximum Gasteiger partial charge on any atom is 0.0961 e. The van der Waals surface area contributed by atoms with Crippen LogP contribution in [0.25, 0.3) is 0 Å². The minimum absolute atomic E-state index is 0.551. The van der Waals surface area contributed by atoms with Gasteiger partial charge in [0.1, 0.15) is 0 Å². The first-order valence-electron chi connectivity index (χ1n) is 4.76. The Morgan fingerprint density at radius 3 is 2.86 bits per heavy atom. The number of nitrogen functional groups attached to an aromatic ring is 1. The van der Waals surface area contributed by atoms with Crippen molar-refractivity contribution in [2.45, 2.75) is 24.9 Å². The Labute approximate surface area is 89.5 Å². The lowest BCUT2D eigenvalue weighted by Crippen LogP contribution is -2.24. The molecule has 0 amide bonds. The number of thioether (sulfide) groups is 1. The van der Waals surface area contributed by atoms with Crippen molar-refractivity contribution in [3.63, 3.8) is 0 Å². The monoisotopic (exact) mass is 211 g/mol. The largest absolute Gasteiger partial charge is 0.397 e. The molecule has 0 bridgehead atoms. The van der Waals surface area contributed by atoms with Crippen LogP contribution >= 0.6 is 11.8 Å². The highest BCUT2D eigenvalue weighted by molar-refractivity contribution is 7.99. The zero-order valence-electron chi connectivity index (χ0n) is 8.66. The first kappa shape index (κ1) is 11.3. The summed E-state index contributed by atoms with van der Waals surface area (Å²) in [5.41, 5.74) is 6.25. The third-order valence-electron chi connectivity index (χ3n) is 1.66. The Morgan fingerprint density at radius 2 is 2.29 bits per heavy atom. The van der Waals surface area contributed by atoms with Gasteiger partial charge in [-0.05, 0) is 12.1 Å². The second-order valence-electron chi connectivity index (χ2n) is 3.39. The highest BCUT2D eigenvalue weighted by Crippen LogP contribution is 2.14. The van der Waals surface area contributed by atoms with Crippen LogP contribution in [0.2, 0.25) is 0 Å². The molecule has 1 rings (SSSR count). The molecule has 0 aliphatic carbocycles. The molecule has 0 aliphatic heterocycles. The van der Waals surface area contributed by atoms with Gasteiger partial charge in [0.15, 0.2) is 0 Å². The van der Waals surface area contributed by atoms with Crippen molar-refractivity contribution >= 4 is 17.4 Å². The van der Waals surface area contributed by atoms with E-state index >= 15 is 0 Å². The fraction of sp³-hybridized carbons (Fsp3) is 0.500. The molecule has 0 radical (unpaired) electrons. The molecule has 1 heterocycles. The predicted molar refractivity (Wildman–Crippen MR) is 62.5 cm³/mol. The second kappa shape index (κ2) is 5.88. The smallest absolute Gasteiger partial charge is 0.0961 e. The van der Waals surface area contributed by atoms with Crippen molar-refractivity contribution in [1.29, 1.82) is 0 Å². The SMILES string of the molecule is CC(C)NCCSc1ccc(N)cn1. The van der Waals surface area contributed by atoms with Crippen LogP contribution < -0.4 is 11.1 Å². The Kier molecular flexibility index (Phi) is 4.76. The van der Waals surface area contributed by atoms with Gasteiger partial charge in [-0.3, -0.25) is 0 Å². The first-order chi connectivity index (χ1) is 6.68. The summed E-state index contributed by atoms with van der Waals surface area (Å²) in [4.78, 5) is 4.21. The van der Waals surface area contributed by atoms with E-state index in [1.165, 1.54) is 0 Å². The molecule has 0 spiro atoms. The Balaban J connectivity index is 2.21. The standard InChI is InChI=1S/C10H17N3S/c1-8(2)12-5-6-14-10-4-3-9(11)7-13-10/h3-4,7-8,12H,5-6,11H2,1-2H3. The molecule has 0 saturated heterocycles. The third kappa shape index (κ3) is 4.48. The number of anilines is 1. The highest BCUT2D eigenvalue weighted by Gasteiger charge is 1.96. The molecule has 4 heteroatoms. The van der Waals surface area contributed by atoms with E-state index in [0.717, 1.165) is 23.0 Å². The van der Waals surface area contributed by atoms with Gasteiger partial charge in [0.2, 0.25) is 0 Å². The van der Waals surface area contributed by atoms with Crippen molar-refractivity contribution in [2.75, 3.05) is 18.0 Å². The van der Waals surface area contributed by atoms with E-state index < -0.39 is 0 Å². The Bertz CT molecular complexity index is 259. The molecule has 0 aliphatic rings. The van der Waals surface area contributed by atoms with E-state index in [-0.39, 0.29) is 0 Å². The van der Waals surface area contributed by atoms with Crippen molar-refractivity contribution in [3.05, 3.63) is 18.3 Å². The molecule has 3 N–H and O–H groups in total. The number of hydrogen-bond donors (Lipinski definition) is 2. The van der Waals surface area contributed by atoms with Crippen LogP contribution in [0.1, 0.15) is 13.8 Å². The van der Waals surface area contributed by atoms with Gasteiger partial charge in [0, 0.05) is 18.3 Å². The van der Waals surface area contributed by atoms with Crippen molar-refractivity contribution < 1.29 is 0 Å². The fourth-order valence-electron chi connectivity index (χ4n) is 0.980. The number of hydrogen-bond acceptors (Lipinski definition) is 4. The van der Waals surface area contributed by atoms with E-state index in [0.29, 0.717) is 6.04 Å².